The molecule has 4 N–H and O–H groups in total. The standard InChI is InChI=1S/C10H12ClN3/c1-7(6-12)10(13)14-9-4-2-8(11)3-5-9/h2-6H,12H2,1H3,(H2,13,14)/b7-6-. The van der Waals surface area contributed by atoms with Gasteiger partial charge in [0.2, 0.25) is 0 Å². The number of aliphatic imine (C=N–C) groups is 1. The van der Waals surface area contributed by atoms with Crippen LogP contribution < -0.4 is 11.5 Å². The van der Waals surface area contributed by atoms with Crippen molar-refractivity contribution in [1.29, 1.82) is 0 Å². The van der Waals surface area contributed by atoms with Crippen molar-refractivity contribution in [3.63, 3.8) is 0 Å². The summed E-state index contributed by atoms with van der Waals surface area (Å²) in [5.41, 5.74) is 12.5. The molecule has 14 heavy (non-hydrogen) atoms. The van der Waals surface area contributed by atoms with Gasteiger partial charge in [-0.1, -0.05) is 11.6 Å². The third kappa shape index (κ3) is 2.78. The molecule has 4 heteroatoms. The van der Waals surface area contributed by atoms with Crippen LogP contribution in [0.15, 0.2) is 41.0 Å². The minimum Gasteiger partial charge on any atom is -0.404 e. The fourth-order valence-electron chi connectivity index (χ4n) is 0.828. The minimum absolute atomic E-state index is 0.412. The van der Waals surface area contributed by atoms with E-state index in [4.69, 9.17) is 23.1 Å². The number of nitrogens with zero attached hydrogens (tertiary/aromatic N) is 1. The maximum Gasteiger partial charge on any atom is 0.128 e. The van der Waals surface area contributed by atoms with Crippen molar-refractivity contribution < 1.29 is 0 Å². The highest BCUT2D eigenvalue weighted by Gasteiger charge is 1.95. The molecule has 74 valence electrons. The van der Waals surface area contributed by atoms with Crippen LogP contribution in [0.1, 0.15) is 6.92 Å². The van der Waals surface area contributed by atoms with Crippen LogP contribution in [0.5, 0.6) is 0 Å². The fraction of sp³-hybridized carbons (Fsp3) is 0.100. The van der Waals surface area contributed by atoms with E-state index in [0.29, 0.717) is 10.9 Å². The fourth-order valence-corrected chi connectivity index (χ4v) is 0.954. The molecule has 0 aliphatic carbocycles. The number of hydrogen-bond acceptors (Lipinski definition) is 2. The van der Waals surface area contributed by atoms with Crippen LogP contribution in [0.3, 0.4) is 0 Å². The molecule has 0 saturated carbocycles. The van der Waals surface area contributed by atoms with Crippen molar-refractivity contribution in [3.8, 4) is 0 Å². The van der Waals surface area contributed by atoms with E-state index in [9.17, 15) is 0 Å². The third-order valence-corrected chi connectivity index (χ3v) is 1.98. The molecule has 1 aromatic carbocycles. The highest BCUT2D eigenvalue weighted by atomic mass is 35.5. The summed E-state index contributed by atoms with van der Waals surface area (Å²) in [6.45, 7) is 1.80. The lowest BCUT2D eigenvalue weighted by Crippen LogP contribution is -2.13. The van der Waals surface area contributed by atoms with Crippen molar-refractivity contribution in [2.45, 2.75) is 6.92 Å². The van der Waals surface area contributed by atoms with Crippen LogP contribution in [0.2, 0.25) is 5.02 Å². The van der Waals surface area contributed by atoms with Crippen LogP contribution in [-0.4, -0.2) is 5.84 Å². The summed E-state index contributed by atoms with van der Waals surface area (Å²) in [6.07, 6.45) is 1.43. The Kier molecular flexibility index (Phi) is 3.54. The molecule has 3 nitrogen and oxygen atoms in total. The Morgan fingerprint density at radius 3 is 2.43 bits per heavy atom. The van der Waals surface area contributed by atoms with Gasteiger partial charge in [-0.05, 0) is 31.2 Å². The second-order valence-corrected chi connectivity index (χ2v) is 3.26. The number of hydrogen-bond donors (Lipinski definition) is 2. The second kappa shape index (κ2) is 4.67. The van der Waals surface area contributed by atoms with E-state index in [0.717, 1.165) is 11.3 Å². The zero-order valence-electron chi connectivity index (χ0n) is 7.87. The molecular weight excluding hydrogens is 198 g/mol. The Morgan fingerprint density at radius 2 is 1.93 bits per heavy atom. The summed E-state index contributed by atoms with van der Waals surface area (Å²) in [7, 11) is 0. The van der Waals surface area contributed by atoms with Crippen molar-refractivity contribution in [2.75, 3.05) is 0 Å². The first-order chi connectivity index (χ1) is 6.63. The summed E-state index contributed by atoms with van der Waals surface area (Å²) < 4.78 is 0. The van der Waals surface area contributed by atoms with E-state index in [2.05, 4.69) is 4.99 Å². The number of benzene rings is 1. The number of amidine groups is 1. The average Bonchev–Trinajstić information content (AvgIpc) is 2.20. The van der Waals surface area contributed by atoms with Crippen molar-refractivity contribution in [3.05, 3.63) is 41.1 Å². The zero-order valence-corrected chi connectivity index (χ0v) is 8.62. The normalized spacial score (nSPS) is 13.0. The molecule has 1 aromatic rings. The molecule has 0 atom stereocenters. The molecule has 0 aromatic heterocycles. The Labute approximate surface area is 88.1 Å². The van der Waals surface area contributed by atoms with E-state index in [1.165, 1.54) is 6.20 Å². The van der Waals surface area contributed by atoms with Gasteiger partial charge in [0.25, 0.3) is 0 Å². The van der Waals surface area contributed by atoms with Gasteiger partial charge in [0.05, 0.1) is 5.69 Å². The number of halogens is 1. The lowest BCUT2D eigenvalue weighted by molar-refractivity contribution is 1.39. The predicted octanol–water partition coefficient (Wildman–Crippen LogP) is 2.19. The first-order valence-electron chi connectivity index (χ1n) is 4.12. The van der Waals surface area contributed by atoms with Crippen molar-refractivity contribution in [2.24, 2.45) is 16.5 Å². The molecule has 0 amide bonds. The van der Waals surface area contributed by atoms with E-state index < -0.39 is 0 Å². The molecule has 0 heterocycles. The lowest BCUT2D eigenvalue weighted by atomic mass is 10.3. The smallest absolute Gasteiger partial charge is 0.128 e. The minimum atomic E-state index is 0.412. The highest BCUT2D eigenvalue weighted by molar-refractivity contribution is 6.30. The van der Waals surface area contributed by atoms with Gasteiger partial charge in [-0.25, -0.2) is 4.99 Å². The average molecular weight is 210 g/mol. The molecular formula is C10H12ClN3. The van der Waals surface area contributed by atoms with Crippen LogP contribution in [-0.2, 0) is 0 Å². The molecule has 0 aliphatic heterocycles. The maximum absolute atomic E-state index is 5.73. The molecule has 0 spiro atoms. The van der Waals surface area contributed by atoms with Crippen LogP contribution in [0, 0.1) is 0 Å². The highest BCUT2D eigenvalue weighted by Crippen LogP contribution is 2.16. The lowest BCUT2D eigenvalue weighted by Gasteiger charge is -1.99. The van der Waals surface area contributed by atoms with Crippen LogP contribution in [0.4, 0.5) is 5.69 Å². The topological polar surface area (TPSA) is 64.4 Å². The Hall–Kier alpha value is -1.48. The number of nitrogens with two attached hydrogens (primary N) is 2. The molecule has 0 bridgehead atoms. The first kappa shape index (κ1) is 10.6. The van der Waals surface area contributed by atoms with Crippen LogP contribution >= 0.6 is 11.6 Å². The summed E-state index contributed by atoms with van der Waals surface area (Å²) in [5.74, 6) is 0.412. The summed E-state index contributed by atoms with van der Waals surface area (Å²) in [6, 6.07) is 7.10. The predicted molar refractivity (Wildman–Crippen MR) is 60.7 cm³/mol. The molecule has 0 radical (unpaired) electrons. The summed E-state index contributed by atoms with van der Waals surface area (Å²) in [5, 5.41) is 0.675. The Balaban J connectivity index is 2.92. The molecule has 1 rings (SSSR count). The van der Waals surface area contributed by atoms with Gasteiger partial charge in [-0.15, -0.1) is 0 Å². The van der Waals surface area contributed by atoms with Crippen molar-refractivity contribution >= 4 is 23.1 Å². The second-order valence-electron chi connectivity index (χ2n) is 2.82. The Morgan fingerprint density at radius 1 is 1.36 bits per heavy atom. The van der Waals surface area contributed by atoms with Gasteiger partial charge in [-0.3, -0.25) is 0 Å². The van der Waals surface area contributed by atoms with Gasteiger partial charge in [-0.2, -0.15) is 0 Å². The van der Waals surface area contributed by atoms with Gasteiger partial charge in [0.1, 0.15) is 5.84 Å². The van der Waals surface area contributed by atoms with Gasteiger partial charge < -0.3 is 11.5 Å². The SMILES string of the molecule is C/C(=C/N)C(N)=Nc1ccc(Cl)cc1. The number of rotatable bonds is 2. The molecule has 0 aliphatic rings. The summed E-state index contributed by atoms with van der Waals surface area (Å²) >= 11 is 5.73. The molecule has 0 fully saturated rings. The molecule has 0 unspecified atom stereocenters. The quantitative estimate of drug-likeness (QED) is 0.579. The maximum atomic E-state index is 5.73. The summed E-state index contributed by atoms with van der Waals surface area (Å²) in [4.78, 5) is 4.16. The van der Waals surface area contributed by atoms with E-state index in [1.54, 1.807) is 31.2 Å². The van der Waals surface area contributed by atoms with Gasteiger partial charge >= 0.3 is 0 Å². The zero-order chi connectivity index (χ0) is 10.6. The first-order valence-corrected chi connectivity index (χ1v) is 4.50. The van der Waals surface area contributed by atoms with Gasteiger partial charge in [0, 0.05) is 16.8 Å². The van der Waals surface area contributed by atoms with Gasteiger partial charge in [0.15, 0.2) is 0 Å². The van der Waals surface area contributed by atoms with Crippen LogP contribution in [0.25, 0.3) is 0 Å². The van der Waals surface area contributed by atoms with E-state index >= 15 is 0 Å². The monoisotopic (exact) mass is 209 g/mol. The van der Waals surface area contributed by atoms with E-state index in [1.807, 2.05) is 0 Å². The molecule has 0 saturated heterocycles. The third-order valence-electron chi connectivity index (χ3n) is 1.73. The van der Waals surface area contributed by atoms with E-state index in [-0.39, 0.29) is 0 Å². The van der Waals surface area contributed by atoms with Crippen molar-refractivity contribution in [1.82, 2.24) is 0 Å². The Bertz CT molecular complexity index is 365. The largest absolute Gasteiger partial charge is 0.404 e.